The van der Waals surface area contributed by atoms with Crippen molar-refractivity contribution in [3.05, 3.63) is 59.1 Å². The van der Waals surface area contributed by atoms with Crippen LogP contribution in [0.1, 0.15) is 0 Å². The number of hydrogen-bond acceptors (Lipinski definition) is 5. The molecule has 130 valence electrons. The molecule has 0 bridgehead atoms. The number of aromatic nitrogens is 3. The third-order valence-corrected chi connectivity index (χ3v) is 4.42. The molecule has 2 aromatic carbocycles. The van der Waals surface area contributed by atoms with E-state index in [0.717, 1.165) is 22.0 Å². The zero-order valence-corrected chi connectivity index (χ0v) is 15.3. The molecule has 0 fully saturated rings. The van der Waals surface area contributed by atoms with Gasteiger partial charge in [-0.15, -0.1) is 0 Å². The maximum Gasteiger partial charge on any atom is 0.224 e. The summed E-state index contributed by atoms with van der Waals surface area (Å²) in [5.74, 6) is 0.696. The number of hydrogen-bond donors (Lipinski definition) is 0. The fourth-order valence-electron chi connectivity index (χ4n) is 2.81. The molecular weight excluding hydrogens is 373 g/mol. The molecule has 0 atom stereocenters. The maximum atomic E-state index is 6.13. The molecule has 0 saturated heterocycles. The van der Waals surface area contributed by atoms with Crippen LogP contribution < -0.4 is 4.74 Å². The quantitative estimate of drug-likeness (QED) is 0.276. The van der Waals surface area contributed by atoms with E-state index in [1.54, 1.807) is 13.3 Å². The first-order valence-electron chi connectivity index (χ1n) is 7.79. The molecule has 2 aromatic heterocycles. The lowest BCUT2D eigenvalue weighted by atomic mass is 10.0. The monoisotopic (exact) mass is 385 g/mol. The summed E-state index contributed by atoms with van der Waals surface area (Å²) >= 11 is 12.1. The van der Waals surface area contributed by atoms with Gasteiger partial charge in [-0.3, -0.25) is 4.98 Å². The molecule has 0 aliphatic heterocycles. The van der Waals surface area contributed by atoms with E-state index < -0.39 is 0 Å². The van der Waals surface area contributed by atoms with Crippen molar-refractivity contribution in [1.29, 1.82) is 0 Å². The molecule has 5 nitrogen and oxygen atoms in total. The van der Waals surface area contributed by atoms with Gasteiger partial charge in [-0.05, 0) is 40.6 Å². The highest BCUT2D eigenvalue weighted by molar-refractivity contribution is 6.35. The Hall–Kier alpha value is -2.47. The molecule has 0 saturated carbocycles. The van der Waals surface area contributed by atoms with Gasteiger partial charge in [0.1, 0.15) is 10.9 Å². The summed E-state index contributed by atoms with van der Waals surface area (Å²) in [6, 6.07) is 13.8. The molecule has 0 spiro atoms. The van der Waals surface area contributed by atoms with Gasteiger partial charge in [0.2, 0.25) is 5.28 Å². The van der Waals surface area contributed by atoms with Crippen LogP contribution in [-0.2, 0) is 4.74 Å². The highest BCUT2D eigenvalue weighted by atomic mass is 35.5. The summed E-state index contributed by atoms with van der Waals surface area (Å²) in [7, 11) is 1.58. The van der Waals surface area contributed by atoms with Crippen molar-refractivity contribution >= 4 is 44.9 Å². The lowest BCUT2D eigenvalue weighted by molar-refractivity contribution is 0.0512. The number of methoxy groups -OCH3 is 1. The fourth-order valence-corrected chi connectivity index (χ4v) is 3.26. The van der Waals surface area contributed by atoms with Crippen molar-refractivity contribution in [2.45, 2.75) is 0 Å². The van der Waals surface area contributed by atoms with Gasteiger partial charge in [-0.1, -0.05) is 35.9 Å². The highest BCUT2D eigenvalue weighted by Crippen LogP contribution is 2.34. The fraction of sp³-hybridized carbons (Fsp3) is 0.105. The van der Waals surface area contributed by atoms with E-state index in [9.17, 15) is 0 Å². The maximum absolute atomic E-state index is 6.13. The summed E-state index contributed by atoms with van der Waals surface area (Å²) in [6.07, 6.45) is 1.65. The molecular formula is C19H13Cl2N3O2. The van der Waals surface area contributed by atoms with Gasteiger partial charge >= 0.3 is 0 Å². The Labute approximate surface area is 159 Å². The molecule has 0 radical (unpaired) electrons. The Morgan fingerprint density at radius 2 is 1.85 bits per heavy atom. The normalized spacial score (nSPS) is 11.2. The topological polar surface area (TPSA) is 57.1 Å². The first kappa shape index (κ1) is 17.0. The van der Waals surface area contributed by atoms with Crippen molar-refractivity contribution in [1.82, 2.24) is 15.0 Å². The lowest BCUT2D eigenvalue weighted by Gasteiger charge is -2.11. The summed E-state index contributed by atoms with van der Waals surface area (Å²) in [5, 5.41) is 3.12. The van der Waals surface area contributed by atoms with E-state index in [2.05, 4.69) is 15.0 Å². The van der Waals surface area contributed by atoms with Gasteiger partial charge < -0.3 is 9.47 Å². The van der Waals surface area contributed by atoms with Crippen molar-refractivity contribution in [3.8, 4) is 17.0 Å². The largest absolute Gasteiger partial charge is 0.468 e. The zero-order chi connectivity index (χ0) is 18.1. The van der Waals surface area contributed by atoms with Gasteiger partial charge in [-0.25, -0.2) is 9.97 Å². The van der Waals surface area contributed by atoms with E-state index in [1.165, 1.54) is 0 Å². The molecule has 7 heteroatoms. The van der Waals surface area contributed by atoms with Crippen molar-refractivity contribution in [2.24, 2.45) is 0 Å². The van der Waals surface area contributed by atoms with Gasteiger partial charge in [0.05, 0.1) is 16.6 Å². The van der Waals surface area contributed by atoms with Gasteiger partial charge in [0, 0.05) is 18.9 Å². The van der Waals surface area contributed by atoms with Gasteiger partial charge in [0.25, 0.3) is 0 Å². The number of halogens is 2. The number of pyridine rings is 1. The van der Waals surface area contributed by atoms with Crippen LogP contribution in [0.5, 0.6) is 5.75 Å². The number of ether oxygens (including phenoxy) is 2. The smallest absolute Gasteiger partial charge is 0.224 e. The van der Waals surface area contributed by atoms with E-state index in [4.69, 9.17) is 32.7 Å². The molecule has 0 amide bonds. The predicted molar refractivity (Wildman–Crippen MR) is 103 cm³/mol. The lowest BCUT2D eigenvalue weighted by Crippen LogP contribution is -1.99. The van der Waals surface area contributed by atoms with Gasteiger partial charge in [0.15, 0.2) is 6.79 Å². The Kier molecular flexibility index (Phi) is 4.59. The molecule has 2 heterocycles. The molecule has 4 rings (SSSR count). The van der Waals surface area contributed by atoms with E-state index >= 15 is 0 Å². The zero-order valence-electron chi connectivity index (χ0n) is 13.7. The minimum absolute atomic E-state index is 0.0988. The first-order valence-corrected chi connectivity index (χ1v) is 8.55. The molecule has 0 unspecified atom stereocenters. The second kappa shape index (κ2) is 7.03. The third kappa shape index (κ3) is 3.17. The molecule has 4 aromatic rings. The highest BCUT2D eigenvalue weighted by Gasteiger charge is 2.12. The number of benzene rings is 2. The Balaban J connectivity index is 1.93. The summed E-state index contributed by atoms with van der Waals surface area (Å²) in [4.78, 5) is 12.7. The minimum atomic E-state index is 0.0988. The average molecular weight is 386 g/mol. The number of nitrogens with zero attached hydrogens (tertiary/aromatic N) is 3. The summed E-state index contributed by atoms with van der Waals surface area (Å²) < 4.78 is 10.6. The van der Waals surface area contributed by atoms with Crippen LogP contribution in [-0.4, -0.2) is 28.9 Å². The number of rotatable bonds is 4. The minimum Gasteiger partial charge on any atom is -0.468 e. The van der Waals surface area contributed by atoms with Crippen molar-refractivity contribution in [3.63, 3.8) is 0 Å². The summed E-state index contributed by atoms with van der Waals surface area (Å²) in [6.45, 7) is 0.168. The van der Waals surface area contributed by atoms with Crippen LogP contribution in [0.3, 0.4) is 0 Å². The first-order chi connectivity index (χ1) is 12.7. The number of fused-ring (bicyclic) bond motifs is 2. The predicted octanol–water partition coefficient (Wildman–Crippen LogP) is 5.13. The van der Waals surface area contributed by atoms with E-state index in [1.807, 2.05) is 42.5 Å². The van der Waals surface area contributed by atoms with E-state index in [0.29, 0.717) is 16.7 Å². The average Bonchev–Trinajstić information content (AvgIpc) is 2.65. The molecule has 26 heavy (non-hydrogen) atoms. The van der Waals surface area contributed by atoms with Crippen LogP contribution in [0, 0.1) is 0 Å². The Morgan fingerprint density at radius 1 is 1.00 bits per heavy atom. The van der Waals surface area contributed by atoms with Crippen LogP contribution in [0.15, 0.2) is 48.7 Å². The van der Waals surface area contributed by atoms with Crippen molar-refractivity contribution in [2.75, 3.05) is 13.9 Å². The molecule has 0 aliphatic rings. The molecule has 0 aliphatic carbocycles. The van der Waals surface area contributed by atoms with Crippen LogP contribution in [0.4, 0.5) is 0 Å². The summed E-state index contributed by atoms with van der Waals surface area (Å²) in [5.41, 5.74) is 2.29. The van der Waals surface area contributed by atoms with Crippen LogP contribution in [0.2, 0.25) is 10.4 Å². The molecule has 0 N–H and O–H groups in total. The SMILES string of the molecule is COCOc1cc(-c2cc3nc(Cl)nc(Cl)c3cn2)c2ccccc2c1. The Bertz CT molecular complexity index is 1120. The van der Waals surface area contributed by atoms with E-state index in [-0.39, 0.29) is 17.2 Å². The standard InChI is InChI=1S/C19H13Cl2N3O2/c1-25-10-26-12-6-11-4-2-3-5-13(11)14(7-12)16-8-17-15(9-22-16)18(20)24-19(21)23-17/h2-9H,10H2,1H3. The van der Waals surface area contributed by atoms with Crippen LogP contribution in [0.25, 0.3) is 32.9 Å². The van der Waals surface area contributed by atoms with Gasteiger partial charge in [-0.2, -0.15) is 0 Å². The van der Waals surface area contributed by atoms with Crippen LogP contribution >= 0.6 is 23.2 Å². The van der Waals surface area contributed by atoms with Crippen molar-refractivity contribution < 1.29 is 9.47 Å². The second-order valence-corrected chi connectivity index (χ2v) is 6.31. The third-order valence-electron chi connectivity index (χ3n) is 3.96. The second-order valence-electron chi connectivity index (χ2n) is 5.61. The Morgan fingerprint density at radius 3 is 2.69 bits per heavy atom.